The maximum absolute atomic E-state index is 13.5. The normalized spacial score (nSPS) is 11.7. The molecule has 1 amide bonds. The average molecular weight is 399 g/mol. The minimum atomic E-state index is -1.72. The van der Waals surface area contributed by atoms with Crippen LogP contribution in [0.5, 0.6) is 0 Å². The van der Waals surface area contributed by atoms with Crippen molar-refractivity contribution in [2.24, 2.45) is 0 Å². The van der Waals surface area contributed by atoms with Gasteiger partial charge >= 0.3 is 5.97 Å². The van der Waals surface area contributed by atoms with Crippen molar-refractivity contribution in [2.45, 2.75) is 32.8 Å². The third-order valence-corrected chi connectivity index (χ3v) is 4.58. The summed E-state index contributed by atoms with van der Waals surface area (Å²) < 4.78 is 44.5. The van der Waals surface area contributed by atoms with Crippen molar-refractivity contribution in [1.82, 2.24) is 0 Å². The Bertz CT molecular complexity index is 881. The molecule has 0 radical (unpaired) electrons. The molecule has 0 aliphatic carbocycles. The molecule has 0 bridgehead atoms. The van der Waals surface area contributed by atoms with Gasteiger partial charge in [-0.15, -0.1) is 11.3 Å². The SMILES string of the molecule is Cc1ccc(C(=O)CCC(=O)O[C@H](C)C(=O)Nc2ccc(F)c(F)c2F)s1. The number of amides is 1. The molecule has 1 N–H and O–H groups in total. The summed E-state index contributed by atoms with van der Waals surface area (Å²) in [6, 6.07) is 4.96. The molecule has 144 valence electrons. The topological polar surface area (TPSA) is 72.5 Å². The first kappa shape index (κ1) is 20.6. The number of Topliss-reactive ketones (excluding diaryl/α,β-unsaturated/α-hetero) is 1. The van der Waals surface area contributed by atoms with Crippen LogP contribution in [0.3, 0.4) is 0 Å². The number of ketones is 1. The Kier molecular flexibility index (Phi) is 6.73. The number of thiophene rings is 1. The molecular formula is C18H16F3NO4S. The van der Waals surface area contributed by atoms with E-state index in [0.29, 0.717) is 10.9 Å². The number of hydrogen-bond acceptors (Lipinski definition) is 5. The van der Waals surface area contributed by atoms with Gasteiger partial charge in [-0.3, -0.25) is 14.4 Å². The fourth-order valence-electron chi connectivity index (χ4n) is 2.09. The van der Waals surface area contributed by atoms with Crippen LogP contribution in [0.1, 0.15) is 34.3 Å². The summed E-state index contributed by atoms with van der Waals surface area (Å²) in [7, 11) is 0. The van der Waals surface area contributed by atoms with Crippen molar-refractivity contribution >= 4 is 34.7 Å². The summed E-state index contributed by atoms with van der Waals surface area (Å²) in [4.78, 5) is 37.1. The van der Waals surface area contributed by atoms with E-state index >= 15 is 0 Å². The standard InChI is InChI=1S/C18H16F3NO4S/c1-9-3-7-14(27-9)13(23)6-8-15(24)26-10(2)18(25)22-12-5-4-11(19)16(20)17(12)21/h3-5,7,10H,6,8H2,1-2H3,(H,22,25)/t10-/m1/s1. The van der Waals surface area contributed by atoms with E-state index < -0.39 is 41.1 Å². The monoisotopic (exact) mass is 399 g/mol. The molecule has 1 aromatic heterocycles. The molecule has 0 unspecified atom stereocenters. The fourth-order valence-corrected chi connectivity index (χ4v) is 2.92. The van der Waals surface area contributed by atoms with Crippen LogP contribution in [-0.2, 0) is 14.3 Å². The van der Waals surface area contributed by atoms with E-state index in [4.69, 9.17) is 4.74 Å². The number of benzene rings is 1. The number of hydrogen-bond donors (Lipinski definition) is 1. The average Bonchev–Trinajstić information content (AvgIpc) is 3.06. The minimum absolute atomic E-state index is 0.0784. The molecule has 0 spiro atoms. The lowest BCUT2D eigenvalue weighted by Gasteiger charge is -2.14. The van der Waals surface area contributed by atoms with Crippen LogP contribution >= 0.6 is 11.3 Å². The summed E-state index contributed by atoms with van der Waals surface area (Å²) in [5, 5.41) is 2.01. The second-order valence-electron chi connectivity index (χ2n) is 5.68. The highest BCUT2D eigenvalue weighted by atomic mass is 32.1. The molecule has 1 aromatic carbocycles. The second kappa shape index (κ2) is 8.81. The largest absolute Gasteiger partial charge is 0.453 e. The highest BCUT2D eigenvalue weighted by Crippen LogP contribution is 2.20. The van der Waals surface area contributed by atoms with Crippen LogP contribution in [-0.4, -0.2) is 23.8 Å². The first-order chi connectivity index (χ1) is 12.7. The predicted octanol–water partition coefficient (Wildman–Crippen LogP) is 4.01. The number of carbonyl (C=O) groups is 3. The molecule has 0 aliphatic heterocycles. The minimum Gasteiger partial charge on any atom is -0.453 e. The van der Waals surface area contributed by atoms with Crippen LogP contribution in [0.25, 0.3) is 0 Å². The van der Waals surface area contributed by atoms with Crippen LogP contribution in [0.15, 0.2) is 24.3 Å². The summed E-state index contributed by atoms with van der Waals surface area (Å²) in [6.45, 7) is 3.08. The molecule has 0 saturated heterocycles. The van der Waals surface area contributed by atoms with Crippen molar-refractivity contribution in [3.63, 3.8) is 0 Å². The number of anilines is 1. The first-order valence-electron chi connectivity index (χ1n) is 7.92. The molecule has 5 nitrogen and oxygen atoms in total. The Morgan fingerprint density at radius 2 is 1.78 bits per heavy atom. The lowest BCUT2D eigenvalue weighted by Crippen LogP contribution is -2.30. The van der Waals surface area contributed by atoms with E-state index in [2.05, 4.69) is 0 Å². The number of carbonyl (C=O) groups excluding carboxylic acids is 3. The highest BCUT2D eigenvalue weighted by Gasteiger charge is 2.22. The summed E-state index contributed by atoms with van der Waals surface area (Å²) in [5.41, 5.74) is -0.579. The van der Waals surface area contributed by atoms with Gasteiger partial charge in [-0.25, -0.2) is 13.2 Å². The zero-order chi connectivity index (χ0) is 20.1. The van der Waals surface area contributed by atoms with Crippen molar-refractivity contribution in [3.05, 3.63) is 51.5 Å². The second-order valence-corrected chi connectivity index (χ2v) is 6.97. The van der Waals surface area contributed by atoms with Gasteiger partial charge in [0.15, 0.2) is 29.3 Å². The molecule has 1 atom stereocenters. The van der Waals surface area contributed by atoms with Gasteiger partial charge in [0.2, 0.25) is 0 Å². The van der Waals surface area contributed by atoms with Gasteiger partial charge in [-0.1, -0.05) is 0 Å². The van der Waals surface area contributed by atoms with Gasteiger partial charge in [-0.2, -0.15) is 0 Å². The van der Waals surface area contributed by atoms with Gasteiger partial charge in [0.05, 0.1) is 17.0 Å². The van der Waals surface area contributed by atoms with Crippen LogP contribution in [0.2, 0.25) is 0 Å². The Morgan fingerprint density at radius 3 is 2.41 bits per heavy atom. The number of nitrogens with one attached hydrogen (secondary N) is 1. The fraction of sp³-hybridized carbons (Fsp3) is 0.278. The Labute approximate surface area is 157 Å². The number of aryl methyl sites for hydroxylation is 1. The van der Waals surface area contributed by atoms with E-state index in [1.54, 1.807) is 12.1 Å². The number of ether oxygens (including phenoxy) is 1. The van der Waals surface area contributed by atoms with Gasteiger partial charge < -0.3 is 10.1 Å². The molecule has 0 aliphatic rings. The van der Waals surface area contributed by atoms with Crippen LogP contribution < -0.4 is 5.32 Å². The quantitative estimate of drug-likeness (QED) is 0.434. The lowest BCUT2D eigenvalue weighted by atomic mass is 10.2. The molecule has 9 heteroatoms. The summed E-state index contributed by atoms with van der Waals surface area (Å²) in [6.07, 6.45) is -1.62. The molecular weight excluding hydrogens is 383 g/mol. The van der Waals surface area contributed by atoms with Gasteiger partial charge in [0, 0.05) is 11.3 Å². The number of rotatable bonds is 7. The molecule has 2 rings (SSSR count). The van der Waals surface area contributed by atoms with Crippen LogP contribution in [0.4, 0.5) is 18.9 Å². The maximum Gasteiger partial charge on any atom is 0.307 e. The van der Waals surface area contributed by atoms with Crippen molar-refractivity contribution in [3.8, 4) is 0 Å². The van der Waals surface area contributed by atoms with Gasteiger partial charge in [0.25, 0.3) is 5.91 Å². The third kappa shape index (κ3) is 5.40. The van der Waals surface area contributed by atoms with E-state index in [1.807, 2.05) is 12.2 Å². The highest BCUT2D eigenvalue weighted by molar-refractivity contribution is 7.14. The molecule has 0 fully saturated rings. The molecule has 0 saturated carbocycles. The first-order valence-corrected chi connectivity index (χ1v) is 8.74. The lowest BCUT2D eigenvalue weighted by molar-refractivity contribution is -0.153. The third-order valence-electron chi connectivity index (χ3n) is 3.54. The number of esters is 1. The van der Waals surface area contributed by atoms with Crippen molar-refractivity contribution < 1.29 is 32.3 Å². The Hall–Kier alpha value is -2.68. The van der Waals surface area contributed by atoms with Crippen molar-refractivity contribution in [2.75, 3.05) is 5.32 Å². The predicted molar refractivity (Wildman–Crippen MR) is 93.1 cm³/mol. The molecule has 1 heterocycles. The van der Waals surface area contributed by atoms with E-state index in [0.717, 1.165) is 10.9 Å². The molecule has 2 aromatic rings. The number of halogens is 3. The molecule has 27 heavy (non-hydrogen) atoms. The summed E-state index contributed by atoms with van der Waals surface area (Å²) >= 11 is 1.31. The van der Waals surface area contributed by atoms with Gasteiger partial charge in [0.1, 0.15) is 0 Å². The zero-order valence-corrected chi connectivity index (χ0v) is 15.3. The van der Waals surface area contributed by atoms with E-state index in [9.17, 15) is 27.6 Å². The smallest absolute Gasteiger partial charge is 0.307 e. The Balaban J connectivity index is 1.85. The van der Waals surface area contributed by atoms with Gasteiger partial charge in [-0.05, 0) is 38.1 Å². The zero-order valence-electron chi connectivity index (χ0n) is 14.5. The van der Waals surface area contributed by atoms with E-state index in [-0.39, 0.29) is 18.6 Å². The maximum atomic E-state index is 13.5. The van der Waals surface area contributed by atoms with Crippen LogP contribution in [0, 0.1) is 24.4 Å². The van der Waals surface area contributed by atoms with Crippen molar-refractivity contribution in [1.29, 1.82) is 0 Å². The summed E-state index contributed by atoms with van der Waals surface area (Å²) in [5.74, 6) is -6.60. The van der Waals surface area contributed by atoms with E-state index in [1.165, 1.54) is 18.3 Å². The Morgan fingerprint density at radius 1 is 1.07 bits per heavy atom.